The lowest BCUT2D eigenvalue weighted by Crippen LogP contribution is -3.19. The molecule has 0 spiro atoms. The maximum Gasteiger partial charge on any atom is 0.531 e. The molecule has 4 N–H and O–H groups in total. The molecule has 10 heavy (non-hydrogen) atoms. The molecule has 0 bridgehead atoms. The molecule has 1 amide bonds. The lowest BCUT2D eigenvalue weighted by molar-refractivity contribution is -0.836. The fraction of sp³-hybridized carbons (Fsp3) is 0.500. The highest BCUT2D eigenvalue weighted by molar-refractivity contribution is 5.53. The monoisotopic (exact) mass is 145 g/mol. The number of nitrogens with one attached hydrogen (secondary N) is 1. The molecule has 4 heteroatoms. The van der Waals surface area contributed by atoms with E-state index in [9.17, 15) is 4.79 Å². The number of hydrogen-bond acceptors (Lipinski definition) is 2. The second kappa shape index (κ2) is 4.96. The van der Waals surface area contributed by atoms with Crippen molar-refractivity contribution in [2.75, 3.05) is 6.54 Å². The molecule has 0 aliphatic rings. The van der Waals surface area contributed by atoms with Crippen LogP contribution in [0, 0.1) is 0 Å². The van der Waals surface area contributed by atoms with Crippen LogP contribution in [0.5, 0.6) is 0 Å². The number of hydrogen-bond donors (Lipinski definition) is 3. The first kappa shape index (κ1) is 9.13. The van der Waals surface area contributed by atoms with Crippen molar-refractivity contribution in [3.63, 3.8) is 0 Å². The summed E-state index contributed by atoms with van der Waals surface area (Å²) in [5.74, 6) is 5.14. The Labute approximate surface area is 59.9 Å². The van der Waals surface area contributed by atoms with Gasteiger partial charge in [-0.3, -0.25) is 0 Å². The number of quaternary nitrogens is 1. The molecule has 0 heterocycles. The van der Waals surface area contributed by atoms with Gasteiger partial charge in [0.15, 0.2) is 0 Å². The van der Waals surface area contributed by atoms with Crippen LogP contribution in [0.4, 0.5) is 4.79 Å². The number of allylic oxidation sites excluding steroid dienone is 1. The van der Waals surface area contributed by atoms with Gasteiger partial charge in [0.25, 0.3) is 0 Å². The molecule has 58 valence electrons. The van der Waals surface area contributed by atoms with E-state index in [0.717, 1.165) is 12.8 Å². The molecule has 0 aliphatic carbocycles. The van der Waals surface area contributed by atoms with Gasteiger partial charge >= 0.3 is 6.09 Å². The fourth-order valence-corrected chi connectivity index (χ4v) is 0.544. The highest BCUT2D eigenvalue weighted by atomic mass is 16.4. The van der Waals surface area contributed by atoms with Crippen molar-refractivity contribution >= 4 is 6.09 Å². The summed E-state index contributed by atoms with van der Waals surface area (Å²) < 4.78 is 0. The van der Waals surface area contributed by atoms with Crippen molar-refractivity contribution in [2.45, 2.75) is 12.8 Å². The average Bonchev–Trinajstić information content (AvgIpc) is 1.88. The second-order valence-corrected chi connectivity index (χ2v) is 2.01. The Hall–Kier alpha value is -0.870. The Bertz CT molecular complexity index is 125. The minimum absolute atomic E-state index is 0.0295. The summed E-state index contributed by atoms with van der Waals surface area (Å²) in [6.45, 7) is 3.95. The van der Waals surface area contributed by atoms with Crippen LogP contribution in [0.2, 0.25) is 0 Å². The third kappa shape index (κ3) is 4.05. The quantitative estimate of drug-likeness (QED) is 0.162. The van der Waals surface area contributed by atoms with Gasteiger partial charge in [0, 0.05) is 6.42 Å². The maximum atomic E-state index is 10.1. The molecule has 1 unspecified atom stereocenters. The summed E-state index contributed by atoms with van der Waals surface area (Å²) >= 11 is 0. The van der Waals surface area contributed by atoms with Crippen molar-refractivity contribution in [1.82, 2.24) is 0 Å². The van der Waals surface area contributed by atoms with Gasteiger partial charge in [0.2, 0.25) is 0 Å². The molecular formula is C6H13N2O2+. The summed E-state index contributed by atoms with van der Waals surface area (Å²) in [6, 6.07) is 0. The zero-order chi connectivity index (χ0) is 7.98. The molecule has 0 aromatic heterocycles. The molecule has 0 aromatic rings. The SMILES string of the molecule is C=CCCC[NH+](N)C(=O)O. The summed E-state index contributed by atoms with van der Waals surface area (Å²) in [7, 11) is 0. The molecule has 0 rings (SSSR count). The van der Waals surface area contributed by atoms with Crippen LogP contribution in [0.3, 0.4) is 0 Å². The average molecular weight is 145 g/mol. The minimum Gasteiger partial charge on any atom is -0.434 e. The van der Waals surface area contributed by atoms with Gasteiger partial charge in [-0.15, -0.1) is 6.58 Å². The molecule has 4 nitrogen and oxygen atoms in total. The van der Waals surface area contributed by atoms with Crippen LogP contribution in [0.1, 0.15) is 12.8 Å². The molecular weight excluding hydrogens is 132 g/mol. The van der Waals surface area contributed by atoms with E-state index >= 15 is 0 Å². The van der Waals surface area contributed by atoms with E-state index in [1.807, 2.05) is 0 Å². The van der Waals surface area contributed by atoms with Crippen LogP contribution in [0.15, 0.2) is 12.7 Å². The van der Waals surface area contributed by atoms with E-state index in [4.69, 9.17) is 10.9 Å². The van der Waals surface area contributed by atoms with Crippen molar-refractivity contribution in [1.29, 1.82) is 0 Å². The summed E-state index contributed by atoms with van der Waals surface area (Å²) in [5, 5.41) is 8.32. The van der Waals surface area contributed by atoms with Crippen molar-refractivity contribution in [2.24, 2.45) is 5.84 Å². The molecule has 0 aliphatic heterocycles. The van der Waals surface area contributed by atoms with Gasteiger partial charge < -0.3 is 5.11 Å². The Balaban J connectivity index is 3.30. The summed E-state index contributed by atoms with van der Waals surface area (Å²) in [6.07, 6.45) is 2.31. The van der Waals surface area contributed by atoms with E-state index in [2.05, 4.69) is 6.58 Å². The van der Waals surface area contributed by atoms with Gasteiger partial charge in [-0.25, -0.2) is 0 Å². The topological polar surface area (TPSA) is 67.8 Å². The number of carbonyl (C=O) groups is 1. The molecule has 1 atom stereocenters. The number of unbranched alkanes of at least 4 members (excludes halogenated alkanes) is 1. The largest absolute Gasteiger partial charge is 0.531 e. The zero-order valence-electron chi connectivity index (χ0n) is 5.84. The van der Waals surface area contributed by atoms with Gasteiger partial charge in [-0.1, -0.05) is 6.08 Å². The predicted molar refractivity (Wildman–Crippen MR) is 37.5 cm³/mol. The van der Waals surface area contributed by atoms with Crippen molar-refractivity contribution in [3.8, 4) is 0 Å². The van der Waals surface area contributed by atoms with Crippen molar-refractivity contribution < 1.29 is 14.9 Å². The standard InChI is InChI=1S/C6H12N2O2/c1-2-3-4-5-8(7)6(9)10/h2H,1,3-5,7H2,(H,9,10)/p+1. The maximum absolute atomic E-state index is 10.1. The Kier molecular flexibility index (Phi) is 4.53. The zero-order valence-corrected chi connectivity index (χ0v) is 5.84. The van der Waals surface area contributed by atoms with Crippen LogP contribution in [-0.2, 0) is 0 Å². The van der Waals surface area contributed by atoms with Crippen LogP contribution >= 0.6 is 0 Å². The van der Waals surface area contributed by atoms with Gasteiger partial charge in [-0.05, 0) is 6.42 Å². The summed E-state index contributed by atoms with van der Waals surface area (Å²) in [5.41, 5.74) is 0. The van der Waals surface area contributed by atoms with Crippen LogP contribution < -0.4 is 10.9 Å². The normalized spacial score (nSPS) is 12.5. The Morgan fingerprint density at radius 2 is 2.40 bits per heavy atom. The summed E-state index contributed by atoms with van der Waals surface area (Å²) in [4.78, 5) is 10.1. The predicted octanol–water partition coefficient (Wildman–Crippen LogP) is -0.611. The Morgan fingerprint density at radius 3 is 2.80 bits per heavy atom. The molecule has 0 saturated carbocycles. The van der Waals surface area contributed by atoms with Crippen LogP contribution in [0.25, 0.3) is 0 Å². The molecule has 0 radical (unpaired) electrons. The highest BCUT2D eigenvalue weighted by Crippen LogP contribution is 1.82. The molecule has 0 fully saturated rings. The van der Waals surface area contributed by atoms with E-state index in [0.29, 0.717) is 6.54 Å². The highest BCUT2D eigenvalue weighted by Gasteiger charge is 2.10. The van der Waals surface area contributed by atoms with Crippen molar-refractivity contribution in [3.05, 3.63) is 12.7 Å². The van der Waals surface area contributed by atoms with E-state index in [-0.39, 0.29) is 5.01 Å². The van der Waals surface area contributed by atoms with E-state index in [1.54, 1.807) is 6.08 Å². The van der Waals surface area contributed by atoms with E-state index < -0.39 is 6.09 Å². The van der Waals surface area contributed by atoms with E-state index in [1.165, 1.54) is 0 Å². The minimum atomic E-state index is -1.01. The van der Waals surface area contributed by atoms with Gasteiger partial charge in [-0.2, -0.15) is 15.6 Å². The third-order valence-electron chi connectivity index (χ3n) is 1.13. The van der Waals surface area contributed by atoms with Gasteiger partial charge in [0.05, 0.1) is 0 Å². The van der Waals surface area contributed by atoms with Crippen LogP contribution in [-0.4, -0.2) is 17.7 Å². The lowest BCUT2D eigenvalue weighted by Gasteiger charge is -2.03. The number of rotatable bonds is 4. The molecule has 0 aromatic carbocycles. The lowest BCUT2D eigenvalue weighted by atomic mass is 10.3. The molecule has 0 saturated heterocycles. The number of nitrogens with two attached hydrogens (primary N) is 1. The smallest absolute Gasteiger partial charge is 0.434 e. The third-order valence-corrected chi connectivity index (χ3v) is 1.13. The second-order valence-electron chi connectivity index (χ2n) is 2.01. The first-order chi connectivity index (χ1) is 4.68. The number of amides is 1. The first-order valence-corrected chi connectivity index (χ1v) is 3.14. The Morgan fingerprint density at radius 1 is 1.80 bits per heavy atom. The number of carboxylic acid groups (broad SMARTS) is 1. The van der Waals surface area contributed by atoms with Gasteiger partial charge in [0.1, 0.15) is 6.54 Å². The fourth-order valence-electron chi connectivity index (χ4n) is 0.544. The first-order valence-electron chi connectivity index (χ1n) is 3.14.